The van der Waals surface area contributed by atoms with Gasteiger partial charge < -0.3 is 19.3 Å². The molecule has 0 spiro atoms. The second-order valence-electron chi connectivity index (χ2n) is 12.0. The third kappa shape index (κ3) is 27.7. The number of rotatable bonds is 29. The molecule has 0 N–H and O–H groups in total. The van der Waals surface area contributed by atoms with Crippen LogP contribution in [0, 0.1) is 0 Å². The molecule has 0 saturated heterocycles. The van der Waals surface area contributed by atoms with Crippen molar-refractivity contribution in [1.82, 2.24) is 9.80 Å². The molecule has 0 aromatic carbocycles. The molecule has 0 aromatic heterocycles. The van der Waals surface area contributed by atoms with E-state index in [4.69, 9.17) is 9.47 Å². The predicted octanol–water partition coefficient (Wildman–Crippen LogP) is 9.19. The maximum absolute atomic E-state index is 13.1. The summed E-state index contributed by atoms with van der Waals surface area (Å²) in [5.74, 6) is 0.0138. The van der Waals surface area contributed by atoms with Crippen LogP contribution in [0.1, 0.15) is 143 Å². The molecule has 0 aliphatic rings. The molecule has 0 unspecified atom stereocenters. The zero-order valence-corrected chi connectivity index (χ0v) is 29.4. The molecule has 0 fully saturated rings. The first kappa shape index (κ1) is 41.5. The number of nitrogens with zero attached hydrogens (tertiary/aromatic N) is 2. The van der Waals surface area contributed by atoms with Gasteiger partial charge in [0.1, 0.15) is 19.3 Å². The number of carbonyl (C=O) groups is 3. The smallest absolute Gasteiger partial charge is 0.325 e. The highest BCUT2D eigenvalue weighted by atomic mass is 32.2. The predicted molar refractivity (Wildman–Crippen MR) is 183 cm³/mol. The van der Waals surface area contributed by atoms with Gasteiger partial charge in [0.2, 0.25) is 0 Å². The highest BCUT2D eigenvalue weighted by Gasteiger charge is 2.22. The van der Waals surface area contributed by atoms with E-state index in [1.807, 2.05) is 25.1 Å². The number of carbonyl (C=O) groups excluding carboxylic acids is 3. The van der Waals surface area contributed by atoms with Gasteiger partial charge in [-0.05, 0) is 59.0 Å². The molecule has 7 nitrogen and oxygen atoms in total. The van der Waals surface area contributed by atoms with E-state index >= 15 is 0 Å². The molecule has 0 aliphatic carbocycles. The van der Waals surface area contributed by atoms with E-state index in [0.717, 1.165) is 57.9 Å². The normalized spacial score (nSPS) is 11.5. The van der Waals surface area contributed by atoms with Crippen molar-refractivity contribution in [3.8, 4) is 0 Å². The lowest BCUT2D eigenvalue weighted by Gasteiger charge is -2.24. The standard InChI is InChI=1S/C35H66N2O5S/c1-6-9-12-15-16-19-22-29-41-33(38)26-23-27-37(35(40)43-30-28-36(4)5)31-34(39)42-32(24-20-17-13-10-7-2)25-21-18-14-11-8-3/h19,22,32H,6-18,20-21,23-31H2,1-5H3/b22-19-. The first-order chi connectivity index (χ1) is 20.8. The van der Waals surface area contributed by atoms with Gasteiger partial charge in [0.25, 0.3) is 5.24 Å². The summed E-state index contributed by atoms with van der Waals surface area (Å²) in [7, 11) is 3.94. The van der Waals surface area contributed by atoms with E-state index in [0.29, 0.717) is 18.7 Å². The van der Waals surface area contributed by atoms with Crippen LogP contribution >= 0.6 is 11.8 Å². The molecule has 0 heterocycles. The van der Waals surface area contributed by atoms with Gasteiger partial charge in [0, 0.05) is 25.3 Å². The van der Waals surface area contributed by atoms with Crippen LogP contribution in [0.5, 0.6) is 0 Å². The molecule has 252 valence electrons. The summed E-state index contributed by atoms with van der Waals surface area (Å²) in [6.07, 6.45) is 24.0. The largest absolute Gasteiger partial charge is 0.461 e. The van der Waals surface area contributed by atoms with E-state index in [1.54, 1.807) is 4.90 Å². The van der Waals surface area contributed by atoms with Crippen molar-refractivity contribution < 1.29 is 23.9 Å². The summed E-state index contributed by atoms with van der Waals surface area (Å²) < 4.78 is 11.3. The molecular formula is C35H66N2O5S. The lowest BCUT2D eigenvalue weighted by molar-refractivity contribution is -0.150. The Labute approximate surface area is 269 Å². The van der Waals surface area contributed by atoms with E-state index in [9.17, 15) is 14.4 Å². The molecular weight excluding hydrogens is 560 g/mol. The van der Waals surface area contributed by atoms with Crippen LogP contribution in [0.4, 0.5) is 4.79 Å². The van der Waals surface area contributed by atoms with Crippen molar-refractivity contribution in [2.45, 2.75) is 149 Å². The van der Waals surface area contributed by atoms with Crippen molar-refractivity contribution in [3.05, 3.63) is 12.2 Å². The molecule has 0 saturated carbocycles. The van der Waals surface area contributed by atoms with Gasteiger partial charge >= 0.3 is 11.9 Å². The van der Waals surface area contributed by atoms with Crippen molar-refractivity contribution in [2.24, 2.45) is 0 Å². The molecule has 0 aliphatic heterocycles. The Morgan fingerprint density at radius 1 is 0.698 bits per heavy atom. The van der Waals surface area contributed by atoms with Gasteiger partial charge in [-0.1, -0.05) is 115 Å². The number of esters is 2. The number of hydrogen-bond donors (Lipinski definition) is 0. The first-order valence-electron chi connectivity index (χ1n) is 17.4. The minimum atomic E-state index is -0.347. The van der Waals surface area contributed by atoms with Crippen molar-refractivity contribution in [1.29, 1.82) is 0 Å². The van der Waals surface area contributed by atoms with Crippen molar-refractivity contribution >= 4 is 28.9 Å². The van der Waals surface area contributed by atoms with E-state index in [2.05, 4.69) is 26.8 Å². The molecule has 0 aromatic rings. The zero-order valence-electron chi connectivity index (χ0n) is 28.5. The molecule has 0 radical (unpaired) electrons. The second kappa shape index (κ2) is 30.5. The summed E-state index contributed by atoms with van der Waals surface area (Å²) in [6.45, 7) is 7.92. The highest BCUT2D eigenvalue weighted by Crippen LogP contribution is 2.18. The average molecular weight is 627 g/mol. The van der Waals surface area contributed by atoms with Crippen LogP contribution in [0.2, 0.25) is 0 Å². The highest BCUT2D eigenvalue weighted by molar-refractivity contribution is 8.13. The minimum Gasteiger partial charge on any atom is -0.461 e. The lowest BCUT2D eigenvalue weighted by atomic mass is 10.0. The van der Waals surface area contributed by atoms with Gasteiger partial charge in [-0.2, -0.15) is 0 Å². The van der Waals surface area contributed by atoms with E-state index in [-0.39, 0.29) is 42.9 Å². The Morgan fingerprint density at radius 3 is 1.86 bits per heavy atom. The Balaban J connectivity index is 4.88. The maximum atomic E-state index is 13.1. The van der Waals surface area contributed by atoms with Gasteiger partial charge in [0.05, 0.1) is 0 Å². The Bertz CT molecular complexity index is 702. The maximum Gasteiger partial charge on any atom is 0.325 e. The van der Waals surface area contributed by atoms with E-state index in [1.165, 1.54) is 69.5 Å². The van der Waals surface area contributed by atoms with Crippen LogP contribution in [-0.4, -0.2) is 79.2 Å². The van der Waals surface area contributed by atoms with Crippen molar-refractivity contribution in [2.75, 3.05) is 46.1 Å². The average Bonchev–Trinajstić information content (AvgIpc) is 2.97. The summed E-state index contributed by atoms with van der Waals surface area (Å²) >= 11 is 1.21. The lowest BCUT2D eigenvalue weighted by Crippen LogP contribution is -2.37. The zero-order chi connectivity index (χ0) is 32.0. The number of ether oxygens (including phenoxy) is 2. The fraction of sp³-hybridized carbons (Fsp3) is 0.857. The third-order valence-electron chi connectivity index (χ3n) is 7.44. The number of allylic oxidation sites excluding steroid dienone is 1. The summed E-state index contributed by atoms with van der Waals surface area (Å²) in [5.41, 5.74) is 0. The van der Waals surface area contributed by atoms with Gasteiger partial charge in [-0.25, -0.2) is 0 Å². The van der Waals surface area contributed by atoms with Crippen LogP contribution in [-0.2, 0) is 19.1 Å². The fourth-order valence-corrected chi connectivity index (χ4v) is 5.71. The summed E-state index contributed by atoms with van der Waals surface area (Å²) in [5, 5.41) is -0.145. The summed E-state index contributed by atoms with van der Waals surface area (Å²) in [4.78, 5) is 41.9. The van der Waals surface area contributed by atoms with Gasteiger partial charge in [-0.3, -0.25) is 14.4 Å². The Hall–Kier alpha value is -1.54. The summed E-state index contributed by atoms with van der Waals surface area (Å²) in [6, 6.07) is 0. The topological polar surface area (TPSA) is 76.1 Å². The third-order valence-corrected chi connectivity index (χ3v) is 8.33. The van der Waals surface area contributed by atoms with Gasteiger partial charge in [-0.15, -0.1) is 0 Å². The Kier molecular flexibility index (Phi) is 29.4. The SMILES string of the molecule is CCCCCC/C=C\COC(=O)CCCN(CC(=O)OC(CCCCCCC)CCCCCCC)C(=O)SCCN(C)C. The number of hydrogen-bond acceptors (Lipinski definition) is 7. The number of thioether (sulfide) groups is 1. The molecule has 43 heavy (non-hydrogen) atoms. The van der Waals surface area contributed by atoms with Crippen molar-refractivity contribution in [3.63, 3.8) is 0 Å². The Morgan fingerprint density at radius 2 is 1.28 bits per heavy atom. The van der Waals surface area contributed by atoms with E-state index < -0.39 is 0 Å². The van der Waals surface area contributed by atoms with Crippen LogP contribution in [0.3, 0.4) is 0 Å². The number of unbranched alkanes of at least 4 members (excludes halogenated alkanes) is 12. The molecule has 1 amide bonds. The van der Waals surface area contributed by atoms with Crippen LogP contribution in [0.15, 0.2) is 12.2 Å². The molecule has 0 rings (SSSR count). The minimum absolute atomic E-state index is 0.0776. The number of amides is 1. The molecule has 8 heteroatoms. The quantitative estimate of drug-likeness (QED) is 0.0465. The molecule has 0 bridgehead atoms. The van der Waals surface area contributed by atoms with Crippen LogP contribution < -0.4 is 0 Å². The molecule has 0 atom stereocenters. The fourth-order valence-electron chi connectivity index (χ4n) is 4.74. The first-order valence-corrected chi connectivity index (χ1v) is 18.4. The van der Waals surface area contributed by atoms with Crippen LogP contribution in [0.25, 0.3) is 0 Å². The monoisotopic (exact) mass is 626 g/mol. The second-order valence-corrected chi connectivity index (χ2v) is 13.0. The van der Waals surface area contributed by atoms with Gasteiger partial charge in [0.15, 0.2) is 0 Å².